The summed E-state index contributed by atoms with van der Waals surface area (Å²) < 4.78 is 0. The molecule has 0 aromatic heterocycles. The highest BCUT2D eigenvalue weighted by molar-refractivity contribution is 14.0. The van der Waals surface area contributed by atoms with E-state index in [0.29, 0.717) is 0 Å². The first-order valence-corrected chi connectivity index (χ1v) is 7.84. The summed E-state index contributed by atoms with van der Waals surface area (Å²) in [5.41, 5.74) is 0. The molecule has 5 heteroatoms. The van der Waals surface area contributed by atoms with E-state index in [0.717, 1.165) is 43.3 Å². The van der Waals surface area contributed by atoms with Gasteiger partial charge in [-0.3, -0.25) is 4.99 Å². The summed E-state index contributed by atoms with van der Waals surface area (Å²) in [5, 5.41) is 6.83. The van der Waals surface area contributed by atoms with Gasteiger partial charge in [-0.1, -0.05) is 13.8 Å². The molecule has 1 saturated carbocycles. The molecule has 1 heterocycles. The van der Waals surface area contributed by atoms with Crippen molar-refractivity contribution in [2.75, 3.05) is 39.8 Å². The van der Waals surface area contributed by atoms with Gasteiger partial charge in [0, 0.05) is 39.8 Å². The van der Waals surface area contributed by atoms with Crippen LogP contribution in [0.4, 0.5) is 0 Å². The fourth-order valence-electron chi connectivity index (χ4n) is 3.09. The highest BCUT2D eigenvalue weighted by Crippen LogP contribution is 2.27. The lowest BCUT2D eigenvalue weighted by Gasteiger charge is -2.35. The Balaban J connectivity index is 0.00000200. The third-order valence-electron chi connectivity index (χ3n) is 4.14. The number of nitrogens with one attached hydrogen (secondary N) is 2. The Hall–Kier alpha value is -0.0400. The SMILES string of the molecule is CN=C(NCCN1CC(C)CC(C)C1)NCC1CC1.I. The maximum absolute atomic E-state index is 4.28. The van der Waals surface area contributed by atoms with Crippen LogP contribution in [0, 0.1) is 17.8 Å². The zero-order valence-corrected chi connectivity index (χ0v) is 15.5. The molecule has 1 aliphatic heterocycles. The van der Waals surface area contributed by atoms with E-state index in [1.807, 2.05) is 7.05 Å². The minimum absolute atomic E-state index is 0. The predicted octanol–water partition coefficient (Wildman–Crippen LogP) is 2.16. The second kappa shape index (κ2) is 9.07. The van der Waals surface area contributed by atoms with Crippen LogP contribution in [0.25, 0.3) is 0 Å². The van der Waals surface area contributed by atoms with Crippen molar-refractivity contribution in [3.05, 3.63) is 0 Å². The second-order valence-electron chi connectivity index (χ2n) is 6.53. The molecule has 2 atom stereocenters. The van der Waals surface area contributed by atoms with Gasteiger partial charge in [0.2, 0.25) is 0 Å². The summed E-state index contributed by atoms with van der Waals surface area (Å²) in [5.74, 6) is 3.54. The van der Waals surface area contributed by atoms with Gasteiger partial charge in [-0.25, -0.2) is 0 Å². The number of piperidine rings is 1. The minimum atomic E-state index is 0. The van der Waals surface area contributed by atoms with Gasteiger partial charge >= 0.3 is 0 Å². The Morgan fingerprint density at radius 1 is 1.15 bits per heavy atom. The van der Waals surface area contributed by atoms with E-state index >= 15 is 0 Å². The molecule has 2 unspecified atom stereocenters. The van der Waals surface area contributed by atoms with Crippen molar-refractivity contribution in [1.29, 1.82) is 0 Å². The Morgan fingerprint density at radius 3 is 2.35 bits per heavy atom. The van der Waals surface area contributed by atoms with E-state index in [9.17, 15) is 0 Å². The van der Waals surface area contributed by atoms with Crippen LogP contribution >= 0.6 is 24.0 Å². The third kappa shape index (κ3) is 6.61. The average Bonchev–Trinajstić information content (AvgIpc) is 3.16. The van der Waals surface area contributed by atoms with Crippen molar-refractivity contribution < 1.29 is 0 Å². The van der Waals surface area contributed by atoms with Gasteiger partial charge in [-0.15, -0.1) is 24.0 Å². The van der Waals surface area contributed by atoms with Crippen LogP contribution in [-0.2, 0) is 0 Å². The fourth-order valence-corrected chi connectivity index (χ4v) is 3.09. The lowest BCUT2D eigenvalue weighted by Crippen LogP contribution is -2.45. The van der Waals surface area contributed by atoms with E-state index in [4.69, 9.17) is 0 Å². The van der Waals surface area contributed by atoms with Crippen LogP contribution < -0.4 is 10.6 Å². The van der Waals surface area contributed by atoms with Crippen molar-refractivity contribution in [2.24, 2.45) is 22.7 Å². The summed E-state index contributed by atoms with van der Waals surface area (Å²) in [7, 11) is 1.85. The largest absolute Gasteiger partial charge is 0.356 e. The number of hydrogen-bond acceptors (Lipinski definition) is 2. The molecule has 1 saturated heterocycles. The number of hydrogen-bond donors (Lipinski definition) is 2. The summed E-state index contributed by atoms with van der Waals surface area (Å²) in [6, 6.07) is 0. The van der Waals surface area contributed by atoms with Gasteiger partial charge in [0.15, 0.2) is 5.96 Å². The Kier molecular flexibility index (Phi) is 8.17. The maximum Gasteiger partial charge on any atom is 0.191 e. The number of guanidine groups is 1. The summed E-state index contributed by atoms with van der Waals surface area (Å²) in [6.07, 6.45) is 4.15. The van der Waals surface area contributed by atoms with E-state index in [1.54, 1.807) is 0 Å². The molecule has 0 spiro atoms. The van der Waals surface area contributed by atoms with E-state index in [1.165, 1.54) is 32.4 Å². The number of nitrogens with zero attached hydrogens (tertiary/aromatic N) is 2. The number of likely N-dealkylation sites (tertiary alicyclic amines) is 1. The molecule has 2 aliphatic rings. The Labute approximate surface area is 141 Å². The number of aliphatic imine (C=N–C) groups is 1. The molecule has 0 radical (unpaired) electrons. The molecular formula is C15H31IN4. The van der Waals surface area contributed by atoms with Gasteiger partial charge < -0.3 is 15.5 Å². The van der Waals surface area contributed by atoms with E-state index in [-0.39, 0.29) is 24.0 Å². The normalized spacial score (nSPS) is 27.9. The first kappa shape index (κ1) is 18.0. The molecule has 1 aliphatic carbocycles. The first-order valence-electron chi connectivity index (χ1n) is 7.84. The van der Waals surface area contributed by atoms with Crippen LogP contribution in [-0.4, -0.2) is 50.6 Å². The first-order chi connectivity index (χ1) is 9.17. The van der Waals surface area contributed by atoms with Gasteiger partial charge in [0.25, 0.3) is 0 Å². The number of rotatable bonds is 5. The van der Waals surface area contributed by atoms with E-state index in [2.05, 4.69) is 34.4 Å². The van der Waals surface area contributed by atoms with Crippen molar-refractivity contribution in [3.8, 4) is 0 Å². The van der Waals surface area contributed by atoms with Crippen molar-refractivity contribution in [1.82, 2.24) is 15.5 Å². The lowest BCUT2D eigenvalue weighted by atomic mass is 9.92. The van der Waals surface area contributed by atoms with Gasteiger partial charge in [0.05, 0.1) is 0 Å². The Bertz CT molecular complexity index is 294. The minimum Gasteiger partial charge on any atom is -0.356 e. The predicted molar refractivity (Wildman–Crippen MR) is 96.9 cm³/mol. The molecule has 0 amide bonds. The van der Waals surface area contributed by atoms with Crippen molar-refractivity contribution in [2.45, 2.75) is 33.1 Å². The summed E-state index contributed by atoms with van der Waals surface area (Å²) >= 11 is 0. The van der Waals surface area contributed by atoms with Gasteiger partial charge in [0.1, 0.15) is 0 Å². The van der Waals surface area contributed by atoms with Crippen LogP contribution in [0.5, 0.6) is 0 Å². The highest BCUT2D eigenvalue weighted by Gasteiger charge is 2.22. The quantitative estimate of drug-likeness (QED) is 0.427. The average molecular weight is 394 g/mol. The molecule has 2 N–H and O–H groups in total. The summed E-state index contributed by atoms with van der Waals surface area (Å²) in [4.78, 5) is 6.86. The molecule has 4 nitrogen and oxygen atoms in total. The second-order valence-corrected chi connectivity index (χ2v) is 6.53. The molecule has 2 rings (SSSR count). The molecule has 118 valence electrons. The van der Waals surface area contributed by atoms with Gasteiger partial charge in [-0.2, -0.15) is 0 Å². The number of halogens is 1. The topological polar surface area (TPSA) is 39.7 Å². The van der Waals surface area contributed by atoms with Crippen LogP contribution in [0.15, 0.2) is 4.99 Å². The molecular weight excluding hydrogens is 363 g/mol. The molecule has 20 heavy (non-hydrogen) atoms. The van der Waals surface area contributed by atoms with E-state index < -0.39 is 0 Å². The zero-order valence-electron chi connectivity index (χ0n) is 13.2. The smallest absolute Gasteiger partial charge is 0.191 e. The fraction of sp³-hybridized carbons (Fsp3) is 0.933. The van der Waals surface area contributed by atoms with Crippen molar-refractivity contribution >= 4 is 29.9 Å². The maximum atomic E-state index is 4.28. The lowest BCUT2D eigenvalue weighted by molar-refractivity contribution is 0.143. The molecule has 0 aromatic rings. The molecule has 2 fully saturated rings. The Morgan fingerprint density at radius 2 is 1.80 bits per heavy atom. The summed E-state index contributed by atoms with van der Waals surface area (Å²) in [6.45, 7) is 10.4. The molecule has 0 bridgehead atoms. The van der Waals surface area contributed by atoms with Crippen LogP contribution in [0.1, 0.15) is 33.1 Å². The standard InChI is InChI=1S/C15H30N4.HI/c1-12-8-13(2)11-19(10-12)7-6-17-15(16-3)18-9-14-4-5-14;/h12-14H,4-11H2,1-3H3,(H2,16,17,18);1H. The molecule has 0 aromatic carbocycles. The van der Waals surface area contributed by atoms with Gasteiger partial charge in [-0.05, 0) is 37.0 Å². The van der Waals surface area contributed by atoms with Crippen molar-refractivity contribution in [3.63, 3.8) is 0 Å². The van der Waals surface area contributed by atoms with Crippen LogP contribution in [0.2, 0.25) is 0 Å². The third-order valence-corrected chi connectivity index (χ3v) is 4.14. The highest BCUT2D eigenvalue weighted by atomic mass is 127. The monoisotopic (exact) mass is 394 g/mol. The zero-order chi connectivity index (χ0) is 13.7. The van der Waals surface area contributed by atoms with Crippen LogP contribution in [0.3, 0.4) is 0 Å².